The first kappa shape index (κ1) is 18.3. The van der Waals surface area contributed by atoms with E-state index >= 15 is 0 Å². The molecule has 2 heterocycles. The summed E-state index contributed by atoms with van der Waals surface area (Å²) in [4.78, 5) is 16.6. The van der Waals surface area contributed by atoms with Gasteiger partial charge in [0.05, 0.1) is 6.61 Å². The Morgan fingerprint density at radius 1 is 1.20 bits per heavy atom. The summed E-state index contributed by atoms with van der Waals surface area (Å²) in [6.45, 7) is 5.32. The third kappa shape index (κ3) is 4.79. The van der Waals surface area contributed by atoms with E-state index in [4.69, 9.17) is 4.74 Å². The van der Waals surface area contributed by atoms with Crippen molar-refractivity contribution >= 4 is 5.91 Å². The van der Waals surface area contributed by atoms with Crippen molar-refractivity contribution in [3.63, 3.8) is 0 Å². The Morgan fingerprint density at radius 2 is 2.00 bits per heavy atom. The third-order valence-corrected chi connectivity index (χ3v) is 5.84. The van der Waals surface area contributed by atoms with Gasteiger partial charge >= 0.3 is 0 Å². The fourth-order valence-electron chi connectivity index (χ4n) is 4.15. The lowest BCUT2D eigenvalue weighted by Crippen LogP contribution is -2.52. The second-order valence-corrected chi connectivity index (χ2v) is 7.53. The van der Waals surface area contributed by atoms with Crippen molar-refractivity contribution in [1.82, 2.24) is 9.80 Å². The third-order valence-electron chi connectivity index (χ3n) is 5.84. The molecule has 3 rings (SSSR count). The van der Waals surface area contributed by atoms with Crippen molar-refractivity contribution in [1.29, 1.82) is 0 Å². The number of hydrogen-bond acceptors (Lipinski definition) is 3. The number of piperidine rings is 2. The second-order valence-electron chi connectivity index (χ2n) is 7.53. The molecule has 1 aromatic rings. The molecule has 4 nitrogen and oxygen atoms in total. The predicted octanol–water partition coefficient (Wildman–Crippen LogP) is 2.72. The van der Waals surface area contributed by atoms with Crippen LogP contribution in [0.5, 0.6) is 0 Å². The first-order valence-corrected chi connectivity index (χ1v) is 9.34. The van der Waals surface area contributed by atoms with Crippen molar-refractivity contribution < 1.29 is 13.9 Å². The molecule has 2 aliphatic heterocycles. The zero-order valence-electron chi connectivity index (χ0n) is 15.2. The molecule has 5 heteroatoms. The van der Waals surface area contributed by atoms with Gasteiger partial charge in [0, 0.05) is 33.2 Å². The first-order chi connectivity index (χ1) is 12.1. The standard InChI is InChI=1S/C20H29FN2O2/c1-25-14-13-23-16-20(7-5-19(23)24)8-11-22(12-9-20)10-6-17-3-2-4-18(21)15-17/h2-4,15H,5-14,16H2,1H3. The zero-order valence-corrected chi connectivity index (χ0v) is 15.2. The van der Waals surface area contributed by atoms with E-state index < -0.39 is 0 Å². The fourth-order valence-corrected chi connectivity index (χ4v) is 4.15. The van der Waals surface area contributed by atoms with Gasteiger partial charge in [-0.05, 0) is 61.9 Å². The SMILES string of the molecule is COCCN1CC2(CCC1=O)CCN(CCc1cccc(F)c1)CC2. The van der Waals surface area contributed by atoms with Crippen LogP contribution in [0.25, 0.3) is 0 Å². The molecule has 2 saturated heterocycles. The van der Waals surface area contributed by atoms with Crippen LogP contribution in [0.15, 0.2) is 24.3 Å². The van der Waals surface area contributed by atoms with Gasteiger partial charge in [-0.15, -0.1) is 0 Å². The van der Waals surface area contributed by atoms with Crippen molar-refractivity contribution in [3.8, 4) is 0 Å². The number of halogens is 1. The van der Waals surface area contributed by atoms with Crippen molar-refractivity contribution in [2.45, 2.75) is 32.1 Å². The lowest BCUT2D eigenvalue weighted by atomic mass is 9.72. The molecule has 2 fully saturated rings. The Kier molecular flexibility index (Phi) is 6.07. The molecule has 0 radical (unpaired) electrons. The average Bonchev–Trinajstić information content (AvgIpc) is 2.62. The highest BCUT2D eigenvalue weighted by Gasteiger charge is 2.40. The van der Waals surface area contributed by atoms with Gasteiger partial charge in [0.15, 0.2) is 0 Å². The first-order valence-electron chi connectivity index (χ1n) is 9.34. The highest BCUT2D eigenvalue weighted by molar-refractivity contribution is 5.77. The van der Waals surface area contributed by atoms with Gasteiger partial charge < -0.3 is 14.5 Å². The summed E-state index contributed by atoms with van der Waals surface area (Å²) in [6.07, 6.45) is 4.88. The number of benzene rings is 1. The summed E-state index contributed by atoms with van der Waals surface area (Å²) in [5, 5.41) is 0. The van der Waals surface area contributed by atoms with Crippen LogP contribution in [0.3, 0.4) is 0 Å². The summed E-state index contributed by atoms with van der Waals surface area (Å²) in [6, 6.07) is 6.90. The number of methoxy groups -OCH3 is 1. The smallest absolute Gasteiger partial charge is 0.222 e. The number of carbonyl (C=O) groups excluding carboxylic acids is 1. The zero-order chi connectivity index (χ0) is 17.7. The minimum atomic E-state index is -0.155. The van der Waals surface area contributed by atoms with Crippen LogP contribution in [0.4, 0.5) is 4.39 Å². The van der Waals surface area contributed by atoms with Gasteiger partial charge in [0.1, 0.15) is 5.82 Å². The Balaban J connectivity index is 1.48. The van der Waals surface area contributed by atoms with Gasteiger partial charge in [-0.2, -0.15) is 0 Å². The molecule has 0 aliphatic carbocycles. The summed E-state index contributed by atoms with van der Waals surface area (Å²) in [7, 11) is 1.68. The van der Waals surface area contributed by atoms with Gasteiger partial charge in [0.25, 0.3) is 0 Å². The monoisotopic (exact) mass is 348 g/mol. The summed E-state index contributed by atoms with van der Waals surface area (Å²) in [5.74, 6) is 0.120. The molecule has 1 aromatic carbocycles. The number of ether oxygens (including phenoxy) is 1. The van der Waals surface area contributed by atoms with Crippen molar-refractivity contribution in [3.05, 3.63) is 35.6 Å². The van der Waals surface area contributed by atoms with Gasteiger partial charge in [0.2, 0.25) is 5.91 Å². The summed E-state index contributed by atoms with van der Waals surface area (Å²) < 4.78 is 18.4. The van der Waals surface area contributed by atoms with Crippen LogP contribution >= 0.6 is 0 Å². The molecule has 0 saturated carbocycles. The highest BCUT2D eigenvalue weighted by Crippen LogP contribution is 2.40. The largest absolute Gasteiger partial charge is 0.383 e. The maximum atomic E-state index is 13.3. The van der Waals surface area contributed by atoms with Gasteiger partial charge in [-0.25, -0.2) is 4.39 Å². The number of amides is 1. The number of carbonyl (C=O) groups is 1. The van der Waals surface area contributed by atoms with E-state index in [0.29, 0.717) is 19.6 Å². The molecule has 1 amide bonds. The van der Waals surface area contributed by atoms with E-state index in [1.54, 1.807) is 19.2 Å². The minimum absolute atomic E-state index is 0.155. The molecule has 0 atom stereocenters. The number of rotatable bonds is 6. The quantitative estimate of drug-likeness (QED) is 0.792. The number of nitrogens with zero attached hydrogens (tertiary/aromatic N) is 2. The molecule has 0 N–H and O–H groups in total. The van der Waals surface area contributed by atoms with E-state index in [-0.39, 0.29) is 17.1 Å². The molecule has 0 bridgehead atoms. The topological polar surface area (TPSA) is 32.8 Å². The highest BCUT2D eigenvalue weighted by atomic mass is 19.1. The van der Waals surface area contributed by atoms with Crippen LogP contribution in [0, 0.1) is 11.2 Å². The van der Waals surface area contributed by atoms with Crippen LogP contribution < -0.4 is 0 Å². The molecule has 25 heavy (non-hydrogen) atoms. The molecular weight excluding hydrogens is 319 g/mol. The summed E-state index contributed by atoms with van der Waals surface area (Å²) in [5.41, 5.74) is 1.35. The van der Waals surface area contributed by atoms with Crippen molar-refractivity contribution in [2.75, 3.05) is 46.4 Å². The van der Waals surface area contributed by atoms with Crippen LogP contribution in [-0.2, 0) is 16.0 Å². The van der Waals surface area contributed by atoms with E-state index in [1.165, 1.54) is 6.07 Å². The predicted molar refractivity (Wildman–Crippen MR) is 95.9 cm³/mol. The molecule has 1 spiro atoms. The van der Waals surface area contributed by atoms with Crippen LogP contribution in [-0.4, -0.2) is 62.1 Å². The maximum absolute atomic E-state index is 13.3. The molecule has 2 aliphatic rings. The number of likely N-dealkylation sites (tertiary alicyclic amines) is 2. The lowest BCUT2D eigenvalue weighted by molar-refractivity contribution is -0.139. The molecule has 0 aromatic heterocycles. The van der Waals surface area contributed by atoms with Crippen LogP contribution in [0.2, 0.25) is 0 Å². The Morgan fingerprint density at radius 3 is 2.72 bits per heavy atom. The van der Waals surface area contributed by atoms with Crippen molar-refractivity contribution in [2.24, 2.45) is 5.41 Å². The molecular formula is C20H29FN2O2. The van der Waals surface area contributed by atoms with E-state index in [0.717, 1.165) is 57.4 Å². The minimum Gasteiger partial charge on any atom is -0.383 e. The van der Waals surface area contributed by atoms with E-state index in [2.05, 4.69) is 4.90 Å². The Bertz CT molecular complexity index is 585. The normalized spacial score (nSPS) is 21.0. The maximum Gasteiger partial charge on any atom is 0.222 e. The fraction of sp³-hybridized carbons (Fsp3) is 0.650. The second kappa shape index (κ2) is 8.28. The van der Waals surface area contributed by atoms with E-state index in [9.17, 15) is 9.18 Å². The number of hydrogen-bond donors (Lipinski definition) is 0. The average molecular weight is 348 g/mol. The summed E-state index contributed by atoms with van der Waals surface area (Å²) >= 11 is 0. The molecule has 138 valence electrons. The Labute approximate surface area is 149 Å². The Hall–Kier alpha value is -1.46. The van der Waals surface area contributed by atoms with Gasteiger partial charge in [-0.1, -0.05) is 12.1 Å². The van der Waals surface area contributed by atoms with E-state index in [1.807, 2.05) is 11.0 Å². The molecule has 0 unspecified atom stereocenters. The van der Waals surface area contributed by atoms with Gasteiger partial charge in [-0.3, -0.25) is 4.79 Å². The van der Waals surface area contributed by atoms with Crippen LogP contribution in [0.1, 0.15) is 31.2 Å². The lowest BCUT2D eigenvalue weighted by Gasteiger charge is -2.47.